The van der Waals surface area contributed by atoms with Crippen molar-refractivity contribution < 1.29 is 4.79 Å². The average molecular weight is 355 g/mol. The van der Waals surface area contributed by atoms with E-state index in [1.165, 1.54) is 11.3 Å². The van der Waals surface area contributed by atoms with Crippen molar-refractivity contribution in [2.75, 3.05) is 31.1 Å². The fourth-order valence-electron chi connectivity index (χ4n) is 2.97. The summed E-state index contributed by atoms with van der Waals surface area (Å²) in [6.45, 7) is 8.57. The van der Waals surface area contributed by atoms with E-state index in [-0.39, 0.29) is 5.91 Å². The standard InChI is InChI=1S/C18H21N5OS/c1-12-9-15(10-19)17(20-13(12)2)22-5-4-6-23(8-7-22)18(24)16-11-25-14(3)21-16/h9,11H,4-8H2,1-3H3. The first-order chi connectivity index (χ1) is 12.0. The monoisotopic (exact) mass is 355 g/mol. The van der Waals surface area contributed by atoms with Crippen molar-refractivity contribution in [3.63, 3.8) is 0 Å². The van der Waals surface area contributed by atoms with Crippen LogP contribution in [0.5, 0.6) is 0 Å². The summed E-state index contributed by atoms with van der Waals surface area (Å²) in [6, 6.07) is 4.14. The topological polar surface area (TPSA) is 73.1 Å². The van der Waals surface area contributed by atoms with Crippen molar-refractivity contribution in [2.24, 2.45) is 0 Å². The number of nitriles is 1. The minimum atomic E-state index is -0.0141. The molecule has 3 rings (SSSR count). The molecule has 0 bridgehead atoms. The summed E-state index contributed by atoms with van der Waals surface area (Å²) in [7, 11) is 0. The van der Waals surface area contributed by atoms with Gasteiger partial charge in [0.15, 0.2) is 0 Å². The first-order valence-corrected chi connectivity index (χ1v) is 9.22. The molecule has 130 valence electrons. The molecule has 0 saturated carbocycles. The molecule has 0 radical (unpaired) electrons. The number of carbonyl (C=O) groups excluding carboxylic acids is 1. The molecule has 3 heterocycles. The number of thiazole rings is 1. The molecular weight excluding hydrogens is 334 g/mol. The molecule has 1 aliphatic heterocycles. The molecule has 0 spiro atoms. The number of rotatable bonds is 2. The maximum atomic E-state index is 12.6. The van der Waals surface area contributed by atoms with E-state index < -0.39 is 0 Å². The van der Waals surface area contributed by atoms with Gasteiger partial charge in [-0.2, -0.15) is 5.26 Å². The molecule has 1 aliphatic rings. The Morgan fingerprint density at radius 1 is 1.20 bits per heavy atom. The number of hydrogen-bond acceptors (Lipinski definition) is 6. The molecule has 2 aromatic heterocycles. The second-order valence-corrected chi connectivity index (χ2v) is 7.32. The minimum absolute atomic E-state index is 0.0141. The van der Waals surface area contributed by atoms with Crippen LogP contribution in [0, 0.1) is 32.1 Å². The number of nitrogens with zero attached hydrogens (tertiary/aromatic N) is 5. The summed E-state index contributed by atoms with van der Waals surface area (Å²) in [6.07, 6.45) is 0.842. The van der Waals surface area contributed by atoms with Gasteiger partial charge in [-0.25, -0.2) is 9.97 Å². The Morgan fingerprint density at radius 3 is 2.68 bits per heavy atom. The number of anilines is 1. The van der Waals surface area contributed by atoms with Gasteiger partial charge in [-0.1, -0.05) is 0 Å². The van der Waals surface area contributed by atoms with Gasteiger partial charge in [0.05, 0.1) is 10.6 Å². The molecule has 0 aromatic carbocycles. The second kappa shape index (κ2) is 7.19. The fourth-order valence-corrected chi connectivity index (χ4v) is 3.56. The Kier molecular flexibility index (Phi) is 5.00. The highest BCUT2D eigenvalue weighted by Crippen LogP contribution is 2.22. The number of amides is 1. The maximum Gasteiger partial charge on any atom is 0.273 e. The van der Waals surface area contributed by atoms with Crippen LogP contribution >= 0.6 is 11.3 Å². The van der Waals surface area contributed by atoms with Crippen LogP contribution in [0.1, 0.15) is 38.7 Å². The molecule has 0 unspecified atom stereocenters. The van der Waals surface area contributed by atoms with Gasteiger partial charge in [0.1, 0.15) is 17.6 Å². The van der Waals surface area contributed by atoms with Crippen LogP contribution in [0.4, 0.5) is 5.82 Å². The summed E-state index contributed by atoms with van der Waals surface area (Å²) in [4.78, 5) is 25.5. The van der Waals surface area contributed by atoms with E-state index >= 15 is 0 Å². The third-order valence-electron chi connectivity index (χ3n) is 4.49. The Morgan fingerprint density at radius 2 is 2.00 bits per heavy atom. The van der Waals surface area contributed by atoms with E-state index in [4.69, 9.17) is 0 Å². The molecule has 1 amide bonds. The number of aryl methyl sites for hydroxylation is 3. The molecule has 6 nitrogen and oxygen atoms in total. The number of aromatic nitrogens is 2. The summed E-state index contributed by atoms with van der Waals surface area (Å²) in [5.41, 5.74) is 3.07. The van der Waals surface area contributed by atoms with E-state index in [0.717, 1.165) is 35.0 Å². The first-order valence-electron chi connectivity index (χ1n) is 8.34. The van der Waals surface area contributed by atoms with Gasteiger partial charge in [-0.3, -0.25) is 4.79 Å². The van der Waals surface area contributed by atoms with E-state index in [1.807, 2.05) is 37.1 Å². The number of carbonyl (C=O) groups is 1. The minimum Gasteiger partial charge on any atom is -0.354 e. The number of pyridine rings is 1. The van der Waals surface area contributed by atoms with Crippen molar-refractivity contribution in [3.8, 4) is 6.07 Å². The molecule has 0 N–H and O–H groups in total. The van der Waals surface area contributed by atoms with Crippen LogP contribution in [-0.4, -0.2) is 47.0 Å². The highest BCUT2D eigenvalue weighted by atomic mass is 32.1. The van der Waals surface area contributed by atoms with Gasteiger partial charge < -0.3 is 9.80 Å². The van der Waals surface area contributed by atoms with Crippen LogP contribution in [0.25, 0.3) is 0 Å². The van der Waals surface area contributed by atoms with Gasteiger partial charge in [-0.15, -0.1) is 11.3 Å². The van der Waals surface area contributed by atoms with Crippen LogP contribution in [0.15, 0.2) is 11.4 Å². The lowest BCUT2D eigenvalue weighted by Crippen LogP contribution is -2.35. The second-order valence-electron chi connectivity index (χ2n) is 6.26. The van der Waals surface area contributed by atoms with Crippen molar-refractivity contribution in [1.29, 1.82) is 5.26 Å². The molecule has 1 saturated heterocycles. The molecule has 25 heavy (non-hydrogen) atoms. The Bertz CT molecular complexity index is 838. The molecular formula is C18H21N5OS. The highest BCUT2D eigenvalue weighted by molar-refractivity contribution is 7.09. The van der Waals surface area contributed by atoms with Gasteiger partial charge in [0.2, 0.25) is 0 Å². The molecule has 7 heteroatoms. The zero-order valence-corrected chi connectivity index (χ0v) is 15.6. The predicted octanol–water partition coefficient (Wildman–Crippen LogP) is 2.69. The smallest absolute Gasteiger partial charge is 0.273 e. The molecule has 1 fully saturated rings. The predicted molar refractivity (Wildman–Crippen MR) is 98.0 cm³/mol. The largest absolute Gasteiger partial charge is 0.354 e. The van der Waals surface area contributed by atoms with Crippen LogP contribution < -0.4 is 4.90 Å². The Hall–Kier alpha value is -2.46. The lowest BCUT2D eigenvalue weighted by molar-refractivity contribution is 0.0762. The molecule has 2 aromatic rings. The summed E-state index contributed by atoms with van der Waals surface area (Å²) in [5.74, 6) is 0.712. The van der Waals surface area contributed by atoms with Crippen molar-refractivity contribution in [3.05, 3.63) is 39.0 Å². The zero-order chi connectivity index (χ0) is 18.0. The Labute approximate surface area is 151 Å². The normalized spacial score (nSPS) is 15.0. The van der Waals surface area contributed by atoms with Crippen LogP contribution in [-0.2, 0) is 0 Å². The molecule has 0 atom stereocenters. The number of hydrogen-bond donors (Lipinski definition) is 0. The van der Waals surface area contributed by atoms with Crippen molar-refractivity contribution in [2.45, 2.75) is 27.2 Å². The van der Waals surface area contributed by atoms with Crippen LogP contribution in [0.3, 0.4) is 0 Å². The van der Waals surface area contributed by atoms with E-state index in [9.17, 15) is 10.1 Å². The molecule has 0 aliphatic carbocycles. The average Bonchev–Trinajstić information content (AvgIpc) is 2.89. The summed E-state index contributed by atoms with van der Waals surface area (Å²) in [5, 5.41) is 12.2. The van der Waals surface area contributed by atoms with Crippen molar-refractivity contribution in [1.82, 2.24) is 14.9 Å². The quantitative estimate of drug-likeness (QED) is 0.828. The third kappa shape index (κ3) is 3.64. The van der Waals surface area contributed by atoms with E-state index in [2.05, 4.69) is 20.9 Å². The Balaban J connectivity index is 1.77. The van der Waals surface area contributed by atoms with Gasteiger partial charge >= 0.3 is 0 Å². The zero-order valence-electron chi connectivity index (χ0n) is 14.7. The van der Waals surface area contributed by atoms with E-state index in [0.29, 0.717) is 30.9 Å². The third-order valence-corrected chi connectivity index (χ3v) is 5.26. The first kappa shape index (κ1) is 17.4. The lowest BCUT2D eigenvalue weighted by atomic mass is 10.1. The van der Waals surface area contributed by atoms with E-state index in [1.54, 1.807) is 0 Å². The summed E-state index contributed by atoms with van der Waals surface area (Å²) < 4.78 is 0. The van der Waals surface area contributed by atoms with Gasteiger partial charge in [0.25, 0.3) is 5.91 Å². The van der Waals surface area contributed by atoms with Gasteiger partial charge in [0, 0.05) is 37.3 Å². The maximum absolute atomic E-state index is 12.6. The highest BCUT2D eigenvalue weighted by Gasteiger charge is 2.24. The van der Waals surface area contributed by atoms with Crippen molar-refractivity contribution >= 4 is 23.1 Å². The SMILES string of the molecule is Cc1nc(C(=O)N2CCCN(c3nc(C)c(C)cc3C#N)CC2)cs1. The van der Waals surface area contributed by atoms with Gasteiger partial charge in [-0.05, 0) is 38.8 Å². The fraction of sp³-hybridized carbons (Fsp3) is 0.444. The summed E-state index contributed by atoms with van der Waals surface area (Å²) >= 11 is 1.49. The van der Waals surface area contributed by atoms with Crippen LogP contribution in [0.2, 0.25) is 0 Å². The lowest BCUT2D eigenvalue weighted by Gasteiger charge is -2.24.